The summed E-state index contributed by atoms with van der Waals surface area (Å²) in [6.07, 6.45) is 5.65. The van der Waals surface area contributed by atoms with E-state index in [2.05, 4.69) is 33.0 Å². The molecule has 0 aromatic rings. The molecule has 14 heavy (non-hydrogen) atoms. The van der Waals surface area contributed by atoms with Crippen LogP contribution >= 0.6 is 0 Å². The Morgan fingerprint density at radius 1 is 1.29 bits per heavy atom. The van der Waals surface area contributed by atoms with E-state index < -0.39 is 0 Å². The van der Waals surface area contributed by atoms with E-state index in [1.54, 1.807) is 0 Å². The first kappa shape index (κ1) is 10.5. The van der Waals surface area contributed by atoms with Gasteiger partial charge in [-0.3, -0.25) is 0 Å². The van der Waals surface area contributed by atoms with Gasteiger partial charge in [0.25, 0.3) is 0 Å². The Kier molecular flexibility index (Phi) is 2.63. The van der Waals surface area contributed by atoms with Gasteiger partial charge < -0.3 is 5.32 Å². The maximum absolute atomic E-state index is 3.83. The molecule has 2 rings (SSSR count). The monoisotopic (exact) mass is 195 g/mol. The molecule has 1 heteroatoms. The highest BCUT2D eigenvalue weighted by Crippen LogP contribution is 2.53. The van der Waals surface area contributed by atoms with E-state index in [4.69, 9.17) is 0 Å². The van der Waals surface area contributed by atoms with Crippen LogP contribution in [0.2, 0.25) is 0 Å². The SMILES string of the molecule is CC1CCC(NC(C)C2CC2(C)C)C1. The van der Waals surface area contributed by atoms with Crippen molar-refractivity contribution in [2.24, 2.45) is 17.3 Å². The van der Waals surface area contributed by atoms with Gasteiger partial charge in [-0.25, -0.2) is 0 Å². The molecule has 82 valence electrons. The summed E-state index contributed by atoms with van der Waals surface area (Å²) < 4.78 is 0. The zero-order valence-electron chi connectivity index (χ0n) is 10.1. The highest BCUT2D eigenvalue weighted by molar-refractivity contribution is 5.01. The number of hydrogen-bond acceptors (Lipinski definition) is 1. The van der Waals surface area contributed by atoms with Crippen molar-refractivity contribution in [1.29, 1.82) is 0 Å². The Balaban J connectivity index is 1.76. The zero-order valence-corrected chi connectivity index (χ0v) is 10.1. The van der Waals surface area contributed by atoms with Gasteiger partial charge in [-0.15, -0.1) is 0 Å². The van der Waals surface area contributed by atoms with Crippen molar-refractivity contribution in [3.63, 3.8) is 0 Å². The van der Waals surface area contributed by atoms with Crippen molar-refractivity contribution < 1.29 is 0 Å². The van der Waals surface area contributed by atoms with E-state index in [1.165, 1.54) is 25.7 Å². The first-order valence-corrected chi connectivity index (χ1v) is 6.25. The molecule has 0 spiro atoms. The van der Waals surface area contributed by atoms with E-state index in [1.807, 2.05) is 0 Å². The second-order valence-corrected chi connectivity index (χ2v) is 6.37. The predicted molar refractivity (Wildman–Crippen MR) is 61.3 cm³/mol. The third-order valence-electron chi connectivity index (χ3n) is 4.39. The normalized spacial score (nSPS) is 42.4. The van der Waals surface area contributed by atoms with Gasteiger partial charge >= 0.3 is 0 Å². The molecule has 2 aliphatic rings. The van der Waals surface area contributed by atoms with Gasteiger partial charge in [0.2, 0.25) is 0 Å². The average Bonchev–Trinajstić information content (AvgIpc) is 2.51. The van der Waals surface area contributed by atoms with Crippen molar-refractivity contribution >= 4 is 0 Å². The molecular formula is C13H25N. The molecule has 2 fully saturated rings. The van der Waals surface area contributed by atoms with E-state index in [0.717, 1.165) is 23.9 Å². The van der Waals surface area contributed by atoms with Crippen LogP contribution in [0.5, 0.6) is 0 Å². The largest absolute Gasteiger partial charge is 0.311 e. The van der Waals surface area contributed by atoms with Gasteiger partial charge in [0.15, 0.2) is 0 Å². The van der Waals surface area contributed by atoms with Crippen LogP contribution in [0.25, 0.3) is 0 Å². The molecule has 2 aliphatic carbocycles. The Bertz CT molecular complexity index is 209. The summed E-state index contributed by atoms with van der Waals surface area (Å²) in [7, 11) is 0. The number of hydrogen-bond donors (Lipinski definition) is 1. The Labute approximate surface area is 88.7 Å². The summed E-state index contributed by atoms with van der Waals surface area (Å²) in [5.74, 6) is 1.88. The molecule has 0 aliphatic heterocycles. The summed E-state index contributed by atoms with van der Waals surface area (Å²) in [5, 5.41) is 3.83. The number of nitrogens with one attached hydrogen (secondary N) is 1. The second-order valence-electron chi connectivity index (χ2n) is 6.37. The molecule has 0 radical (unpaired) electrons. The van der Waals surface area contributed by atoms with Crippen molar-refractivity contribution in [3.8, 4) is 0 Å². The minimum absolute atomic E-state index is 0.622. The lowest BCUT2D eigenvalue weighted by atomic mass is 10.0. The van der Waals surface area contributed by atoms with Crippen molar-refractivity contribution in [1.82, 2.24) is 5.32 Å². The van der Waals surface area contributed by atoms with Crippen LogP contribution in [-0.4, -0.2) is 12.1 Å². The molecule has 0 saturated heterocycles. The average molecular weight is 195 g/mol. The fraction of sp³-hybridized carbons (Fsp3) is 1.00. The minimum Gasteiger partial charge on any atom is -0.311 e. The van der Waals surface area contributed by atoms with Crippen LogP contribution in [0.15, 0.2) is 0 Å². The molecule has 1 nitrogen and oxygen atoms in total. The standard InChI is InChI=1S/C13H25N/c1-9-5-6-11(7-9)14-10(2)12-8-13(12,3)4/h9-12,14H,5-8H2,1-4H3. The Morgan fingerprint density at radius 3 is 2.36 bits per heavy atom. The number of rotatable bonds is 3. The van der Waals surface area contributed by atoms with E-state index in [9.17, 15) is 0 Å². The van der Waals surface area contributed by atoms with Gasteiger partial charge in [-0.2, -0.15) is 0 Å². The van der Waals surface area contributed by atoms with Crippen LogP contribution in [0.3, 0.4) is 0 Å². The minimum atomic E-state index is 0.622. The van der Waals surface area contributed by atoms with Crippen molar-refractivity contribution in [2.45, 2.75) is 65.5 Å². The van der Waals surface area contributed by atoms with Crippen LogP contribution in [0, 0.1) is 17.3 Å². The van der Waals surface area contributed by atoms with Crippen LogP contribution in [0.1, 0.15) is 53.4 Å². The predicted octanol–water partition coefficient (Wildman–Crippen LogP) is 3.20. The maximum atomic E-state index is 3.83. The lowest BCUT2D eigenvalue weighted by molar-refractivity contribution is 0.375. The third-order valence-corrected chi connectivity index (χ3v) is 4.39. The molecular weight excluding hydrogens is 170 g/mol. The lowest BCUT2D eigenvalue weighted by Crippen LogP contribution is -2.37. The van der Waals surface area contributed by atoms with E-state index in [-0.39, 0.29) is 0 Å². The van der Waals surface area contributed by atoms with Gasteiger partial charge in [0.05, 0.1) is 0 Å². The van der Waals surface area contributed by atoms with Crippen LogP contribution in [0.4, 0.5) is 0 Å². The van der Waals surface area contributed by atoms with Gasteiger partial charge in [0.1, 0.15) is 0 Å². The summed E-state index contributed by atoms with van der Waals surface area (Å²) in [6, 6.07) is 1.55. The molecule has 0 aromatic heterocycles. The van der Waals surface area contributed by atoms with Crippen LogP contribution < -0.4 is 5.32 Å². The molecule has 0 bridgehead atoms. The van der Waals surface area contributed by atoms with Crippen molar-refractivity contribution in [3.05, 3.63) is 0 Å². The summed E-state index contributed by atoms with van der Waals surface area (Å²) in [5.41, 5.74) is 0.622. The van der Waals surface area contributed by atoms with Crippen molar-refractivity contribution in [2.75, 3.05) is 0 Å². The summed E-state index contributed by atoms with van der Waals surface area (Å²) >= 11 is 0. The molecule has 4 atom stereocenters. The topological polar surface area (TPSA) is 12.0 Å². The third kappa shape index (κ3) is 2.13. The Morgan fingerprint density at radius 2 is 1.93 bits per heavy atom. The first-order chi connectivity index (χ1) is 6.49. The maximum Gasteiger partial charge on any atom is 0.00748 e. The van der Waals surface area contributed by atoms with Gasteiger partial charge in [-0.1, -0.05) is 20.8 Å². The Hall–Kier alpha value is -0.0400. The molecule has 0 heterocycles. The first-order valence-electron chi connectivity index (χ1n) is 6.25. The highest BCUT2D eigenvalue weighted by atomic mass is 15.0. The molecule has 4 unspecified atom stereocenters. The van der Waals surface area contributed by atoms with E-state index >= 15 is 0 Å². The van der Waals surface area contributed by atoms with Gasteiger partial charge in [-0.05, 0) is 49.9 Å². The molecule has 2 saturated carbocycles. The second kappa shape index (κ2) is 3.52. The molecule has 0 amide bonds. The fourth-order valence-corrected chi connectivity index (χ4v) is 3.21. The molecule has 0 aromatic carbocycles. The lowest BCUT2D eigenvalue weighted by Gasteiger charge is -2.20. The quantitative estimate of drug-likeness (QED) is 0.729. The fourth-order valence-electron chi connectivity index (χ4n) is 3.21. The van der Waals surface area contributed by atoms with Gasteiger partial charge in [0, 0.05) is 12.1 Å². The van der Waals surface area contributed by atoms with E-state index in [0.29, 0.717) is 5.41 Å². The summed E-state index contributed by atoms with van der Waals surface area (Å²) in [6.45, 7) is 9.55. The smallest absolute Gasteiger partial charge is 0.00748 e. The highest BCUT2D eigenvalue weighted by Gasteiger charge is 2.48. The molecule has 1 N–H and O–H groups in total. The van der Waals surface area contributed by atoms with Crippen LogP contribution in [-0.2, 0) is 0 Å². The summed E-state index contributed by atoms with van der Waals surface area (Å²) in [4.78, 5) is 0. The zero-order chi connectivity index (χ0) is 10.3.